The van der Waals surface area contributed by atoms with Crippen LogP contribution >= 0.6 is 11.3 Å². The monoisotopic (exact) mass is 275 g/mol. The maximum absolute atomic E-state index is 11.1. The Morgan fingerprint density at radius 3 is 2.76 bits per heavy atom. The van der Waals surface area contributed by atoms with Gasteiger partial charge in [-0.1, -0.05) is 6.92 Å². The second kappa shape index (κ2) is 7.13. The van der Waals surface area contributed by atoms with Crippen molar-refractivity contribution in [3.05, 3.63) is 22.4 Å². The van der Waals surface area contributed by atoms with E-state index in [1.807, 2.05) is 0 Å². The van der Waals surface area contributed by atoms with Crippen molar-refractivity contribution < 1.29 is 8.42 Å². The van der Waals surface area contributed by atoms with Crippen LogP contribution in [0.2, 0.25) is 0 Å². The third kappa shape index (κ3) is 6.19. The van der Waals surface area contributed by atoms with Gasteiger partial charge in [0.05, 0.1) is 0 Å². The minimum atomic E-state index is -2.83. The molecule has 0 spiro atoms. The minimum Gasteiger partial charge on any atom is -0.310 e. The van der Waals surface area contributed by atoms with E-state index in [9.17, 15) is 8.42 Å². The van der Waals surface area contributed by atoms with E-state index < -0.39 is 9.84 Å². The molecule has 98 valence electrons. The van der Waals surface area contributed by atoms with Crippen LogP contribution in [0.5, 0.6) is 0 Å². The standard InChI is InChI=1S/C12H21NO2S2/c1-3-7-13-12(11-6-8-16-10-11)5-4-9-17(2,14)15/h6,8,10,12-13H,3-5,7,9H2,1-2H3. The SMILES string of the molecule is CCCNC(CCCS(C)(=O)=O)c1ccsc1. The summed E-state index contributed by atoms with van der Waals surface area (Å²) in [6.45, 7) is 3.10. The van der Waals surface area contributed by atoms with Gasteiger partial charge < -0.3 is 5.32 Å². The van der Waals surface area contributed by atoms with Gasteiger partial charge >= 0.3 is 0 Å². The smallest absolute Gasteiger partial charge is 0.147 e. The van der Waals surface area contributed by atoms with Gasteiger partial charge in [0.2, 0.25) is 0 Å². The Kier molecular flexibility index (Phi) is 6.16. The van der Waals surface area contributed by atoms with Gasteiger partial charge in [-0.15, -0.1) is 0 Å². The lowest BCUT2D eigenvalue weighted by Gasteiger charge is -2.17. The van der Waals surface area contributed by atoms with Gasteiger partial charge in [-0.3, -0.25) is 0 Å². The van der Waals surface area contributed by atoms with E-state index >= 15 is 0 Å². The number of hydrogen-bond acceptors (Lipinski definition) is 4. The van der Waals surface area contributed by atoms with Crippen molar-refractivity contribution in [3.63, 3.8) is 0 Å². The molecule has 1 aromatic heterocycles. The Morgan fingerprint density at radius 2 is 2.24 bits per heavy atom. The highest BCUT2D eigenvalue weighted by Crippen LogP contribution is 2.21. The fourth-order valence-corrected chi connectivity index (χ4v) is 3.13. The summed E-state index contributed by atoms with van der Waals surface area (Å²) in [5, 5.41) is 7.66. The van der Waals surface area contributed by atoms with Crippen LogP contribution in [0.15, 0.2) is 16.8 Å². The molecule has 1 rings (SSSR count). The Balaban J connectivity index is 2.47. The predicted molar refractivity (Wildman–Crippen MR) is 74.3 cm³/mol. The summed E-state index contributed by atoms with van der Waals surface area (Å²) >= 11 is 1.68. The second-order valence-electron chi connectivity index (χ2n) is 4.34. The molecule has 0 saturated carbocycles. The highest BCUT2D eigenvalue weighted by atomic mass is 32.2. The van der Waals surface area contributed by atoms with Crippen LogP contribution in [0.3, 0.4) is 0 Å². The van der Waals surface area contributed by atoms with Crippen LogP contribution in [0, 0.1) is 0 Å². The number of nitrogens with one attached hydrogen (secondary N) is 1. The van der Waals surface area contributed by atoms with Gasteiger partial charge in [0.25, 0.3) is 0 Å². The first-order valence-electron chi connectivity index (χ1n) is 5.96. The van der Waals surface area contributed by atoms with Crippen LogP contribution in [-0.4, -0.2) is 27.0 Å². The largest absolute Gasteiger partial charge is 0.310 e. The fourth-order valence-electron chi connectivity index (χ4n) is 1.73. The molecule has 1 heterocycles. The number of sulfone groups is 1. The number of thiophene rings is 1. The van der Waals surface area contributed by atoms with Gasteiger partial charge in [-0.2, -0.15) is 11.3 Å². The molecule has 0 aromatic carbocycles. The van der Waals surface area contributed by atoms with E-state index in [2.05, 4.69) is 29.1 Å². The highest BCUT2D eigenvalue weighted by Gasteiger charge is 2.12. The first kappa shape index (κ1) is 14.7. The molecule has 0 aliphatic carbocycles. The van der Waals surface area contributed by atoms with Crippen LogP contribution in [0.25, 0.3) is 0 Å². The number of hydrogen-bond donors (Lipinski definition) is 1. The maximum Gasteiger partial charge on any atom is 0.147 e. The van der Waals surface area contributed by atoms with Crippen LogP contribution in [0.4, 0.5) is 0 Å². The highest BCUT2D eigenvalue weighted by molar-refractivity contribution is 7.90. The molecule has 1 unspecified atom stereocenters. The first-order chi connectivity index (χ1) is 8.03. The topological polar surface area (TPSA) is 46.2 Å². The van der Waals surface area contributed by atoms with Crippen molar-refractivity contribution in [3.8, 4) is 0 Å². The lowest BCUT2D eigenvalue weighted by Crippen LogP contribution is -2.22. The molecular formula is C12H21NO2S2. The molecule has 0 amide bonds. The molecule has 3 nitrogen and oxygen atoms in total. The van der Waals surface area contributed by atoms with Gasteiger partial charge in [0.1, 0.15) is 9.84 Å². The van der Waals surface area contributed by atoms with Crippen molar-refractivity contribution in [2.24, 2.45) is 0 Å². The van der Waals surface area contributed by atoms with Gasteiger partial charge in [-0.05, 0) is 48.2 Å². The molecule has 0 bridgehead atoms. The van der Waals surface area contributed by atoms with Gasteiger partial charge in [0.15, 0.2) is 0 Å². The zero-order valence-electron chi connectivity index (χ0n) is 10.5. The maximum atomic E-state index is 11.1. The summed E-state index contributed by atoms with van der Waals surface area (Å²) in [4.78, 5) is 0. The average molecular weight is 275 g/mol. The molecule has 0 aliphatic heterocycles. The van der Waals surface area contributed by atoms with Crippen molar-refractivity contribution in [1.82, 2.24) is 5.32 Å². The number of rotatable bonds is 8. The predicted octanol–water partition coefficient (Wildman–Crippen LogP) is 2.61. The zero-order valence-corrected chi connectivity index (χ0v) is 12.1. The van der Waals surface area contributed by atoms with E-state index in [-0.39, 0.29) is 5.75 Å². The lowest BCUT2D eigenvalue weighted by atomic mass is 10.1. The zero-order chi connectivity index (χ0) is 12.7. The Bertz CT molecular complexity index is 398. The summed E-state index contributed by atoms with van der Waals surface area (Å²) < 4.78 is 22.2. The Labute approximate surface area is 108 Å². The normalized spacial score (nSPS) is 13.8. The van der Waals surface area contributed by atoms with E-state index in [4.69, 9.17) is 0 Å². The third-order valence-corrected chi connectivity index (χ3v) is 4.33. The van der Waals surface area contributed by atoms with Crippen molar-refractivity contribution in [1.29, 1.82) is 0 Å². The van der Waals surface area contributed by atoms with Crippen LogP contribution < -0.4 is 5.32 Å². The van der Waals surface area contributed by atoms with E-state index in [1.165, 1.54) is 11.8 Å². The molecule has 1 N–H and O–H groups in total. The minimum absolute atomic E-state index is 0.279. The quantitative estimate of drug-likeness (QED) is 0.793. The first-order valence-corrected chi connectivity index (χ1v) is 8.96. The summed E-state index contributed by atoms with van der Waals surface area (Å²) in [6.07, 6.45) is 3.98. The molecule has 0 aliphatic rings. The summed E-state index contributed by atoms with van der Waals surface area (Å²) in [5.41, 5.74) is 1.27. The lowest BCUT2D eigenvalue weighted by molar-refractivity contribution is 0.493. The molecule has 1 atom stereocenters. The van der Waals surface area contributed by atoms with Crippen molar-refractivity contribution >= 4 is 21.2 Å². The molecule has 0 fully saturated rings. The Hall–Kier alpha value is -0.390. The van der Waals surface area contributed by atoms with Crippen LogP contribution in [-0.2, 0) is 9.84 Å². The molecule has 0 radical (unpaired) electrons. The van der Waals surface area contributed by atoms with Crippen molar-refractivity contribution in [2.45, 2.75) is 32.2 Å². The fraction of sp³-hybridized carbons (Fsp3) is 0.667. The van der Waals surface area contributed by atoms with Crippen LogP contribution in [0.1, 0.15) is 37.8 Å². The van der Waals surface area contributed by atoms with E-state index in [0.717, 1.165) is 25.8 Å². The summed E-state index contributed by atoms with van der Waals surface area (Å²) in [6, 6.07) is 2.40. The summed E-state index contributed by atoms with van der Waals surface area (Å²) in [5.74, 6) is 0.279. The second-order valence-corrected chi connectivity index (χ2v) is 7.38. The molecule has 5 heteroatoms. The van der Waals surface area contributed by atoms with Gasteiger partial charge in [-0.25, -0.2) is 8.42 Å². The van der Waals surface area contributed by atoms with Gasteiger partial charge in [0, 0.05) is 18.1 Å². The third-order valence-electron chi connectivity index (χ3n) is 2.59. The average Bonchev–Trinajstić information content (AvgIpc) is 2.74. The molecule has 1 aromatic rings. The Morgan fingerprint density at radius 1 is 1.47 bits per heavy atom. The molecule has 0 saturated heterocycles. The van der Waals surface area contributed by atoms with Crippen molar-refractivity contribution in [2.75, 3.05) is 18.6 Å². The summed E-state index contributed by atoms with van der Waals surface area (Å²) in [7, 11) is -2.83. The molecule has 17 heavy (non-hydrogen) atoms. The molecular weight excluding hydrogens is 254 g/mol. The van der Waals surface area contributed by atoms with E-state index in [1.54, 1.807) is 11.3 Å². The van der Waals surface area contributed by atoms with E-state index in [0.29, 0.717) is 6.04 Å².